The molecule has 1 aromatic rings. The van der Waals surface area contributed by atoms with Crippen LogP contribution in [0, 0.1) is 5.41 Å². The molecular weight excluding hydrogens is 254 g/mol. The van der Waals surface area contributed by atoms with E-state index >= 15 is 0 Å². The topological polar surface area (TPSA) is 50.7 Å². The van der Waals surface area contributed by atoms with Crippen LogP contribution in [0.25, 0.3) is 0 Å². The minimum atomic E-state index is -0.115. The lowest BCUT2D eigenvalue weighted by Crippen LogP contribution is -2.34. The maximum atomic E-state index is 11.6. The van der Waals surface area contributed by atoms with Crippen molar-refractivity contribution < 1.29 is 0 Å². The van der Waals surface area contributed by atoms with Gasteiger partial charge in [-0.05, 0) is 37.9 Å². The molecular formula is C11H19N3OS2. The Labute approximate surface area is 111 Å². The molecule has 6 heteroatoms. The molecule has 4 nitrogen and oxygen atoms in total. The summed E-state index contributed by atoms with van der Waals surface area (Å²) in [5.74, 6) is 1.93. The van der Waals surface area contributed by atoms with Crippen LogP contribution in [0.4, 0.5) is 0 Å². The van der Waals surface area contributed by atoms with Crippen LogP contribution in [-0.2, 0) is 0 Å². The third-order valence-corrected chi connectivity index (χ3v) is 5.42. The Hall–Kier alpha value is -0.360. The van der Waals surface area contributed by atoms with Crippen molar-refractivity contribution >= 4 is 24.4 Å². The van der Waals surface area contributed by atoms with Gasteiger partial charge in [-0.15, -0.1) is 5.10 Å². The van der Waals surface area contributed by atoms with Crippen molar-refractivity contribution in [3.8, 4) is 0 Å². The average Bonchev–Trinajstić information content (AvgIpc) is 2.59. The second kappa shape index (κ2) is 5.10. The first-order chi connectivity index (χ1) is 8.08. The highest BCUT2D eigenvalue weighted by Gasteiger charge is 2.36. The van der Waals surface area contributed by atoms with Crippen LogP contribution in [0.3, 0.4) is 0 Å². The zero-order valence-corrected chi connectivity index (χ0v) is 12.0. The largest absolute Gasteiger partial charge is 0.344 e. The lowest BCUT2D eigenvalue weighted by Gasteiger charge is -2.40. The van der Waals surface area contributed by atoms with E-state index in [1.54, 1.807) is 16.3 Å². The molecule has 0 amide bonds. The Morgan fingerprint density at radius 2 is 2.29 bits per heavy atom. The van der Waals surface area contributed by atoms with Gasteiger partial charge in [-0.3, -0.25) is 4.57 Å². The molecule has 0 spiro atoms. The van der Waals surface area contributed by atoms with Gasteiger partial charge in [-0.1, -0.05) is 18.2 Å². The molecule has 1 heterocycles. The first-order valence-corrected chi connectivity index (χ1v) is 7.60. The monoisotopic (exact) mass is 273 g/mol. The predicted molar refractivity (Wildman–Crippen MR) is 74.1 cm³/mol. The van der Waals surface area contributed by atoms with Gasteiger partial charge < -0.3 is 0 Å². The Kier molecular flexibility index (Phi) is 3.92. The second-order valence-electron chi connectivity index (χ2n) is 5.08. The van der Waals surface area contributed by atoms with Gasteiger partial charge in [0.1, 0.15) is 0 Å². The van der Waals surface area contributed by atoms with Gasteiger partial charge in [0.15, 0.2) is 5.16 Å². The Balaban J connectivity index is 2.06. The van der Waals surface area contributed by atoms with Crippen LogP contribution >= 0.6 is 24.4 Å². The number of rotatable bonds is 5. The lowest BCUT2D eigenvalue weighted by molar-refractivity contribution is 0.205. The number of hydrogen-bond donors (Lipinski definition) is 2. The highest BCUT2D eigenvalue weighted by molar-refractivity contribution is 7.99. The normalized spacial score (nSPS) is 18.4. The standard InChI is InChI=1S/C11H19N3OS2/c1-8(2)14-9(15)12-13-10(14)17-7-11(6-16)4-3-5-11/h8,16H,3-7H2,1-2H3,(H,12,15). The summed E-state index contributed by atoms with van der Waals surface area (Å²) in [4.78, 5) is 11.6. The van der Waals surface area contributed by atoms with Gasteiger partial charge in [-0.25, -0.2) is 9.89 Å². The zero-order valence-electron chi connectivity index (χ0n) is 10.3. The molecule has 1 saturated carbocycles. The molecule has 1 aromatic heterocycles. The van der Waals surface area contributed by atoms with E-state index in [9.17, 15) is 4.79 Å². The summed E-state index contributed by atoms with van der Waals surface area (Å²) in [7, 11) is 0. The summed E-state index contributed by atoms with van der Waals surface area (Å²) >= 11 is 6.12. The van der Waals surface area contributed by atoms with E-state index < -0.39 is 0 Å². The minimum Gasteiger partial charge on any atom is -0.268 e. The molecule has 17 heavy (non-hydrogen) atoms. The molecule has 0 unspecified atom stereocenters. The van der Waals surface area contributed by atoms with E-state index in [2.05, 4.69) is 22.8 Å². The molecule has 1 aliphatic carbocycles. The summed E-state index contributed by atoms with van der Waals surface area (Å²) in [6.45, 7) is 4.00. The van der Waals surface area contributed by atoms with E-state index in [4.69, 9.17) is 0 Å². The highest BCUT2D eigenvalue weighted by atomic mass is 32.2. The molecule has 1 fully saturated rings. The number of aromatic nitrogens is 3. The number of thioether (sulfide) groups is 1. The maximum Gasteiger partial charge on any atom is 0.344 e. The average molecular weight is 273 g/mol. The summed E-state index contributed by atoms with van der Waals surface area (Å²) in [5.41, 5.74) is 0.251. The predicted octanol–water partition coefficient (Wildman–Crippen LogP) is 2.34. The summed E-state index contributed by atoms with van der Waals surface area (Å²) in [5, 5.41) is 7.43. The van der Waals surface area contributed by atoms with Crippen molar-refractivity contribution in [3.63, 3.8) is 0 Å². The third-order valence-electron chi connectivity index (χ3n) is 3.45. The first kappa shape index (κ1) is 13.1. The molecule has 2 rings (SSSR count). The fourth-order valence-electron chi connectivity index (χ4n) is 2.09. The van der Waals surface area contributed by atoms with E-state index in [0.717, 1.165) is 16.7 Å². The number of nitrogens with one attached hydrogen (secondary N) is 1. The van der Waals surface area contributed by atoms with Crippen LogP contribution in [0.2, 0.25) is 0 Å². The van der Waals surface area contributed by atoms with Crippen LogP contribution in [0.1, 0.15) is 39.2 Å². The van der Waals surface area contributed by atoms with Gasteiger partial charge in [0, 0.05) is 11.8 Å². The molecule has 96 valence electrons. The number of nitrogens with zero attached hydrogens (tertiary/aromatic N) is 2. The van der Waals surface area contributed by atoms with Crippen LogP contribution < -0.4 is 5.69 Å². The number of hydrogen-bond acceptors (Lipinski definition) is 4. The Bertz CT molecular complexity index is 429. The van der Waals surface area contributed by atoms with Gasteiger partial charge in [0.25, 0.3) is 0 Å². The highest BCUT2D eigenvalue weighted by Crippen LogP contribution is 2.45. The van der Waals surface area contributed by atoms with Gasteiger partial charge in [-0.2, -0.15) is 12.6 Å². The van der Waals surface area contributed by atoms with Gasteiger partial charge in [0.05, 0.1) is 0 Å². The van der Waals surface area contributed by atoms with E-state index in [1.807, 2.05) is 13.8 Å². The first-order valence-electron chi connectivity index (χ1n) is 5.98. The van der Waals surface area contributed by atoms with Crippen molar-refractivity contribution in [2.24, 2.45) is 5.41 Å². The second-order valence-corrected chi connectivity index (χ2v) is 6.33. The fraction of sp³-hybridized carbons (Fsp3) is 0.818. The number of thiol groups is 1. The molecule has 1 aliphatic rings. The molecule has 0 aliphatic heterocycles. The molecule has 0 bridgehead atoms. The van der Waals surface area contributed by atoms with Gasteiger partial charge in [0.2, 0.25) is 0 Å². The molecule has 0 radical (unpaired) electrons. The smallest absolute Gasteiger partial charge is 0.268 e. The van der Waals surface area contributed by atoms with Crippen molar-refractivity contribution in [1.82, 2.24) is 14.8 Å². The fourth-order valence-corrected chi connectivity index (χ4v) is 4.04. The number of H-pyrrole nitrogens is 1. The van der Waals surface area contributed by atoms with Crippen LogP contribution in [0.15, 0.2) is 9.95 Å². The molecule has 0 atom stereocenters. The quantitative estimate of drug-likeness (QED) is 0.639. The lowest BCUT2D eigenvalue weighted by atomic mass is 9.72. The Morgan fingerprint density at radius 3 is 2.76 bits per heavy atom. The van der Waals surface area contributed by atoms with Crippen LogP contribution in [0.5, 0.6) is 0 Å². The van der Waals surface area contributed by atoms with Gasteiger partial charge >= 0.3 is 5.69 Å². The minimum absolute atomic E-state index is 0.115. The zero-order chi connectivity index (χ0) is 12.5. The number of aromatic amines is 1. The van der Waals surface area contributed by atoms with Crippen LogP contribution in [-0.4, -0.2) is 26.3 Å². The van der Waals surface area contributed by atoms with E-state index in [-0.39, 0.29) is 11.7 Å². The van der Waals surface area contributed by atoms with Crippen molar-refractivity contribution in [2.75, 3.05) is 11.5 Å². The summed E-state index contributed by atoms with van der Waals surface area (Å²) in [6, 6.07) is 0.150. The SMILES string of the molecule is CC(C)n1c(SCC2(CS)CCC2)n[nH]c1=O. The summed E-state index contributed by atoms with van der Waals surface area (Å²) < 4.78 is 1.72. The van der Waals surface area contributed by atoms with Crippen molar-refractivity contribution in [3.05, 3.63) is 10.5 Å². The molecule has 1 N–H and O–H groups in total. The van der Waals surface area contributed by atoms with E-state index in [0.29, 0.717) is 5.41 Å². The maximum absolute atomic E-state index is 11.6. The third kappa shape index (κ3) is 2.57. The molecule has 0 aromatic carbocycles. The van der Waals surface area contributed by atoms with Crippen molar-refractivity contribution in [2.45, 2.75) is 44.3 Å². The Morgan fingerprint density at radius 1 is 1.59 bits per heavy atom. The van der Waals surface area contributed by atoms with E-state index in [1.165, 1.54) is 19.3 Å². The summed E-state index contributed by atoms with van der Waals surface area (Å²) in [6.07, 6.45) is 3.80. The van der Waals surface area contributed by atoms with Crippen molar-refractivity contribution in [1.29, 1.82) is 0 Å². The molecule has 0 saturated heterocycles.